The first kappa shape index (κ1) is 18.0. The second-order valence-electron chi connectivity index (χ2n) is 5.48. The van der Waals surface area contributed by atoms with Gasteiger partial charge in [0, 0.05) is 19.6 Å². The number of rotatable bonds is 9. The third kappa shape index (κ3) is 5.08. The lowest BCUT2D eigenvalue weighted by molar-refractivity contribution is 0.0694. The van der Waals surface area contributed by atoms with Gasteiger partial charge in [0.15, 0.2) is 0 Å². The molecule has 5 heteroatoms. The van der Waals surface area contributed by atoms with E-state index in [2.05, 4.69) is 0 Å². The number of ether oxygens (including phenoxy) is 1. The van der Waals surface area contributed by atoms with Crippen LogP contribution < -0.4 is 4.74 Å². The number of hydrogen-bond acceptors (Lipinski definition) is 4. The molecule has 0 amide bonds. The van der Waals surface area contributed by atoms with Crippen LogP contribution in [-0.2, 0) is 13.1 Å². The van der Waals surface area contributed by atoms with Gasteiger partial charge in [-0.2, -0.15) is 0 Å². The molecule has 2 aromatic carbocycles. The zero-order valence-corrected chi connectivity index (χ0v) is 13.8. The van der Waals surface area contributed by atoms with Crippen molar-refractivity contribution in [1.29, 1.82) is 0 Å². The normalized spacial score (nSPS) is 10.8. The number of aliphatic hydroxyl groups is 1. The first-order chi connectivity index (χ1) is 11.6. The highest BCUT2D eigenvalue weighted by atomic mass is 16.5. The molecule has 0 saturated carbocycles. The van der Waals surface area contributed by atoms with E-state index in [-0.39, 0.29) is 6.61 Å². The van der Waals surface area contributed by atoms with Crippen LogP contribution in [0.25, 0.3) is 0 Å². The molecule has 0 aliphatic rings. The largest absolute Gasteiger partial charge is 0.494 e. The highest BCUT2D eigenvalue weighted by molar-refractivity contribution is 5.89. The fourth-order valence-corrected chi connectivity index (χ4v) is 2.62. The Morgan fingerprint density at radius 1 is 1.12 bits per heavy atom. The van der Waals surface area contributed by atoms with Crippen LogP contribution in [0, 0.1) is 0 Å². The van der Waals surface area contributed by atoms with Gasteiger partial charge < -0.3 is 14.9 Å². The van der Waals surface area contributed by atoms with Gasteiger partial charge in [0.25, 0.3) is 0 Å². The Balaban J connectivity index is 2.15. The second-order valence-corrected chi connectivity index (χ2v) is 5.48. The van der Waals surface area contributed by atoms with Crippen LogP contribution in [0.15, 0.2) is 48.5 Å². The smallest absolute Gasteiger partial charge is 0.336 e. The number of hydrogen-bond donors (Lipinski definition) is 2. The lowest BCUT2D eigenvalue weighted by Gasteiger charge is -2.22. The van der Waals surface area contributed by atoms with Crippen molar-refractivity contribution in [2.75, 3.05) is 19.8 Å². The molecular weight excluding hydrogens is 306 g/mol. The van der Waals surface area contributed by atoms with Crippen molar-refractivity contribution in [3.63, 3.8) is 0 Å². The monoisotopic (exact) mass is 329 g/mol. The van der Waals surface area contributed by atoms with Crippen LogP contribution in [0.1, 0.15) is 28.4 Å². The lowest BCUT2D eigenvalue weighted by Crippen LogP contribution is -2.27. The third-order valence-corrected chi connectivity index (χ3v) is 3.67. The fraction of sp³-hybridized carbons (Fsp3) is 0.316. The van der Waals surface area contributed by atoms with Gasteiger partial charge in [-0.15, -0.1) is 0 Å². The molecule has 0 fully saturated rings. The number of carbonyl (C=O) groups is 1. The SMILES string of the molecule is CCOc1cccc(CN(CCO)Cc2ccccc2C(=O)O)c1. The Kier molecular flexibility index (Phi) is 6.78. The van der Waals surface area contributed by atoms with E-state index < -0.39 is 5.97 Å². The van der Waals surface area contributed by atoms with Crippen LogP contribution in [0.2, 0.25) is 0 Å². The summed E-state index contributed by atoms with van der Waals surface area (Å²) in [7, 11) is 0. The summed E-state index contributed by atoms with van der Waals surface area (Å²) >= 11 is 0. The summed E-state index contributed by atoms with van der Waals surface area (Å²) in [6, 6.07) is 14.8. The molecule has 0 aliphatic carbocycles. The van der Waals surface area contributed by atoms with Gasteiger partial charge in [-0.1, -0.05) is 30.3 Å². The third-order valence-electron chi connectivity index (χ3n) is 3.67. The molecule has 0 aromatic heterocycles. The van der Waals surface area contributed by atoms with E-state index in [1.54, 1.807) is 12.1 Å². The number of benzene rings is 2. The maximum atomic E-state index is 11.4. The Morgan fingerprint density at radius 3 is 2.62 bits per heavy atom. The van der Waals surface area contributed by atoms with E-state index in [1.807, 2.05) is 48.2 Å². The van der Waals surface area contributed by atoms with Gasteiger partial charge in [0.2, 0.25) is 0 Å². The van der Waals surface area contributed by atoms with E-state index >= 15 is 0 Å². The highest BCUT2D eigenvalue weighted by Gasteiger charge is 2.13. The molecule has 0 saturated heterocycles. The van der Waals surface area contributed by atoms with Gasteiger partial charge in [-0.25, -0.2) is 4.79 Å². The summed E-state index contributed by atoms with van der Waals surface area (Å²) < 4.78 is 5.51. The summed E-state index contributed by atoms with van der Waals surface area (Å²) in [6.07, 6.45) is 0. The molecule has 0 bridgehead atoms. The second kappa shape index (κ2) is 9.05. The summed E-state index contributed by atoms with van der Waals surface area (Å²) in [5.74, 6) is -0.127. The maximum absolute atomic E-state index is 11.4. The zero-order chi connectivity index (χ0) is 17.4. The first-order valence-corrected chi connectivity index (χ1v) is 8.00. The average molecular weight is 329 g/mol. The minimum Gasteiger partial charge on any atom is -0.494 e. The van der Waals surface area contributed by atoms with E-state index in [1.165, 1.54) is 0 Å². The number of aliphatic hydroxyl groups excluding tert-OH is 1. The van der Waals surface area contributed by atoms with Gasteiger partial charge >= 0.3 is 5.97 Å². The minimum absolute atomic E-state index is 0.0143. The molecule has 2 N–H and O–H groups in total. The van der Waals surface area contributed by atoms with Crippen LogP contribution >= 0.6 is 0 Å². The van der Waals surface area contributed by atoms with E-state index in [0.717, 1.165) is 16.9 Å². The Hall–Kier alpha value is -2.37. The number of aromatic carboxylic acids is 1. The van der Waals surface area contributed by atoms with Crippen molar-refractivity contribution in [2.45, 2.75) is 20.0 Å². The Bertz CT molecular complexity index is 672. The molecule has 0 spiro atoms. The number of nitrogens with zero attached hydrogens (tertiary/aromatic N) is 1. The molecule has 2 aromatic rings. The van der Waals surface area contributed by atoms with Gasteiger partial charge in [-0.3, -0.25) is 4.90 Å². The fourth-order valence-electron chi connectivity index (χ4n) is 2.62. The van der Waals surface area contributed by atoms with Gasteiger partial charge in [-0.05, 0) is 36.2 Å². The van der Waals surface area contributed by atoms with Crippen molar-refractivity contribution in [1.82, 2.24) is 4.90 Å². The predicted octanol–water partition coefficient (Wildman–Crippen LogP) is 2.78. The van der Waals surface area contributed by atoms with Crippen molar-refractivity contribution in [2.24, 2.45) is 0 Å². The molecule has 2 rings (SSSR count). The minimum atomic E-state index is -0.937. The molecule has 128 valence electrons. The van der Waals surface area contributed by atoms with Crippen LogP contribution in [0.3, 0.4) is 0 Å². The Morgan fingerprint density at radius 2 is 1.92 bits per heavy atom. The van der Waals surface area contributed by atoms with Crippen LogP contribution in [0.5, 0.6) is 5.75 Å². The first-order valence-electron chi connectivity index (χ1n) is 8.00. The van der Waals surface area contributed by atoms with Crippen LogP contribution in [-0.4, -0.2) is 40.8 Å². The number of carboxylic acid groups (broad SMARTS) is 1. The molecule has 5 nitrogen and oxygen atoms in total. The predicted molar refractivity (Wildman–Crippen MR) is 92.2 cm³/mol. The van der Waals surface area contributed by atoms with Crippen molar-refractivity contribution in [3.8, 4) is 5.75 Å². The van der Waals surface area contributed by atoms with Gasteiger partial charge in [0.1, 0.15) is 5.75 Å². The lowest BCUT2D eigenvalue weighted by atomic mass is 10.1. The molecule has 0 heterocycles. The quantitative estimate of drug-likeness (QED) is 0.740. The summed E-state index contributed by atoms with van der Waals surface area (Å²) in [5, 5.41) is 18.6. The van der Waals surface area contributed by atoms with Crippen LogP contribution in [0.4, 0.5) is 0 Å². The van der Waals surface area contributed by atoms with Gasteiger partial charge in [0.05, 0.1) is 18.8 Å². The summed E-state index contributed by atoms with van der Waals surface area (Å²) in [5.41, 5.74) is 2.09. The molecule has 0 atom stereocenters. The molecule has 0 aliphatic heterocycles. The molecular formula is C19H23NO4. The highest BCUT2D eigenvalue weighted by Crippen LogP contribution is 2.17. The summed E-state index contributed by atoms with van der Waals surface area (Å²) in [6.45, 7) is 4.09. The average Bonchev–Trinajstić information content (AvgIpc) is 2.56. The zero-order valence-electron chi connectivity index (χ0n) is 13.8. The standard InChI is InChI=1S/C19H23NO4/c1-2-24-17-8-5-6-15(12-17)13-20(10-11-21)14-16-7-3-4-9-18(16)19(22)23/h3-9,12,21H,2,10-11,13-14H2,1H3,(H,22,23). The van der Waals surface area contributed by atoms with E-state index in [9.17, 15) is 15.0 Å². The maximum Gasteiger partial charge on any atom is 0.336 e. The summed E-state index contributed by atoms with van der Waals surface area (Å²) in [4.78, 5) is 13.4. The Labute approximate surface area is 142 Å². The van der Waals surface area contributed by atoms with E-state index in [4.69, 9.17) is 4.74 Å². The van der Waals surface area contributed by atoms with Crippen molar-refractivity contribution < 1.29 is 19.7 Å². The topological polar surface area (TPSA) is 70.0 Å². The van der Waals surface area contributed by atoms with Crippen molar-refractivity contribution in [3.05, 3.63) is 65.2 Å². The molecule has 0 unspecified atom stereocenters. The molecule has 0 radical (unpaired) electrons. The van der Waals surface area contributed by atoms with E-state index in [0.29, 0.717) is 31.8 Å². The van der Waals surface area contributed by atoms with Crippen molar-refractivity contribution >= 4 is 5.97 Å². The number of carboxylic acids is 1. The molecule has 24 heavy (non-hydrogen) atoms.